The number of aryl methyl sites for hydroxylation is 1. The molecule has 1 saturated carbocycles. The number of nitrogens with zero attached hydrogens (tertiary/aromatic N) is 1. The summed E-state index contributed by atoms with van der Waals surface area (Å²) in [6.07, 6.45) is 6.27. The van der Waals surface area contributed by atoms with Crippen molar-refractivity contribution in [2.24, 2.45) is 5.92 Å². The van der Waals surface area contributed by atoms with Crippen LogP contribution in [0.1, 0.15) is 50.2 Å². The predicted molar refractivity (Wildman–Crippen MR) is 105 cm³/mol. The number of carbonyl (C=O) groups is 1. The number of hydrogen-bond donors (Lipinski definition) is 2. The summed E-state index contributed by atoms with van der Waals surface area (Å²) < 4.78 is 0. The molecule has 1 saturated heterocycles. The molecule has 3 unspecified atom stereocenters. The van der Waals surface area contributed by atoms with Crippen LogP contribution in [-0.2, 0) is 10.2 Å². The molecular weight excluding hydrogens is 334 g/mol. The fraction of sp³-hybridized carbons (Fsp3) is 0.650. The molecule has 1 aromatic rings. The number of rotatable bonds is 3. The number of fused-ring (bicyclic) bond motifs is 1. The van der Waals surface area contributed by atoms with Gasteiger partial charge in [-0.05, 0) is 75.9 Å². The first-order valence-electron chi connectivity index (χ1n) is 9.35. The van der Waals surface area contributed by atoms with E-state index in [-0.39, 0.29) is 17.2 Å². The van der Waals surface area contributed by atoms with Gasteiger partial charge in [-0.3, -0.25) is 4.79 Å². The number of piperidine rings is 1. The molecule has 1 amide bonds. The van der Waals surface area contributed by atoms with Gasteiger partial charge in [0, 0.05) is 11.5 Å². The Morgan fingerprint density at radius 1 is 1.40 bits per heavy atom. The largest absolute Gasteiger partial charge is 0.397 e. The summed E-state index contributed by atoms with van der Waals surface area (Å²) in [6, 6.07) is 4.72. The second kappa shape index (κ2) is 7.16. The molecule has 0 aromatic heterocycles. The van der Waals surface area contributed by atoms with Gasteiger partial charge in [-0.2, -0.15) is 0 Å². The standard InChI is InChI=1S/C20H30ClN3O/c1-13-10-17(22)18(23-19(25)12-21)11-16(13)20-7-5-4-6-15(20)14(2)24(3)9-8-20/h10-11,14-15H,4-9,12,22H2,1-3H3,(H,23,25). The van der Waals surface area contributed by atoms with Crippen molar-refractivity contribution in [2.45, 2.75) is 57.4 Å². The zero-order valence-corrected chi connectivity index (χ0v) is 16.3. The fourth-order valence-electron chi connectivity index (χ4n) is 5.19. The van der Waals surface area contributed by atoms with Gasteiger partial charge in [-0.25, -0.2) is 0 Å². The van der Waals surface area contributed by atoms with Crippen LogP contribution in [0.25, 0.3) is 0 Å². The molecule has 138 valence electrons. The Bertz CT molecular complexity index is 663. The van der Waals surface area contributed by atoms with Crippen LogP contribution in [0, 0.1) is 12.8 Å². The summed E-state index contributed by atoms with van der Waals surface area (Å²) in [7, 11) is 2.24. The highest BCUT2D eigenvalue weighted by Gasteiger charge is 2.48. The molecule has 3 atom stereocenters. The Morgan fingerprint density at radius 3 is 2.88 bits per heavy atom. The molecule has 4 nitrogen and oxygen atoms in total. The summed E-state index contributed by atoms with van der Waals surface area (Å²) in [5.74, 6) is 0.384. The molecule has 0 radical (unpaired) electrons. The highest BCUT2D eigenvalue weighted by atomic mass is 35.5. The number of hydrogen-bond acceptors (Lipinski definition) is 3. The Labute approximate surface area is 156 Å². The van der Waals surface area contributed by atoms with Gasteiger partial charge in [0.1, 0.15) is 5.88 Å². The Hall–Kier alpha value is -1.26. The van der Waals surface area contributed by atoms with E-state index in [4.69, 9.17) is 17.3 Å². The molecule has 1 aromatic carbocycles. The van der Waals surface area contributed by atoms with Crippen LogP contribution in [0.5, 0.6) is 0 Å². The van der Waals surface area contributed by atoms with Crippen LogP contribution in [-0.4, -0.2) is 36.3 Å². The molecule has 3 N–H and O–H groups in total. The number of nitrogens with two attached hydrogens (primary N) is 1. The van der Waals surface area contributed by atoms with E-state index in [1.165, 1.54) is 43.2 Å². The van der Waals surface area contributed by atoms with Crippen molar-refractivity contribution in [1.29, 1.82) is 0 Å². The fourth-order valence-corrected chi connectivity index (χ4v) is 5.26. The smallest absolute Gasteiger partial charge is 0.239 e. The van der Waals surface area contributed by atoms with Crippen molar-refractivity contribution >= 4 is 28.9 Å². The summed E-state index contributed by atoms with van der Waals surface area (Å²) >= 11 is 5.66. The van der Waals surface area contributed by atoms with Crippen molar-refractivity contribution in [3.63, 3.8) is 0 Å². The number of amides is 1. The second-order valence-electron chi connectivity index (χ2n) is 7.92. The van der Waals surface area contributed by atoms with E-state index < -0.39 is 0 Å². The minimum absolute atomic E-state index is 0.0573. The zero-order valence-electron chi connectivity index (χ0n) is 15.6. The van der Waals surface area contributed by atoms with Crippen molar-refractivity contribution in [3.8, 4) is 0 Å². The van der Waals surface area contributed by atoms with Crippen LogP contribution >= 0.6 is 11.6 Å². The molecule has 2 aliphatic rings. The van der Waals surface area contributed by atoms with E-state index in [1.54, 1.807) is 0 Å². The lowest BCUT2D eigenvalue weighted by Gasteiger charge is -2.54. The van der Waals surface area contributed by atoms with E-state index in [2.05, 4.69) is 37.2 Å². The molecule has 2 fully saturated rings. The maximum absolute atomic E-state index is 11.8. The second-order valence-corrected chi connectivity index (χ2v) is 8.18. The number of nitrogens with one attached hydrogen (secondary N) is 1. The monoisotopic (exact) mass is 363 g/mol. The van der Waals surface area contributed by atoms with E-state index in [1.807, 2.05) is 6.07 Å². The third-order valence-corrected chi connectivity index (χ3v) is 6.86. The minimum Gasteiger partial charge on any atom is -0.397 e. The van der Waals surface area contributed by atoms with Gasteiger partial charge >= 0.3 is 0 Å². The van der Waals surface area contributed by atoms with Crippen molar-refractivity contribution in [1.82, 2.24) is 4.90 Å². The molecule has 1 aliphatic carbocycles. The predicted octanol–water partition coefficient (Wildman–Crippen LogP) is 3.91. The topological polar surface area (TPSA) is 58.4 Å². The van der Waals surface area contributed by atoms with Gasteiger partial charge in [-0.15, -0.1) is 11.6 Å². The molecular formula is C20H30ClN3O. The molecule has 1 aliphatic heterocycles. The molecule has 1 heterocycles. The lowest BCUT2D eigenvalue weighted by Crippen LogP contribution is -2.55. The number of nitrogen functional groups attached to an aromatic ring is 1. The van der Waals surface area contributed by atoms with Gasteiger partial charge in [0.2, 0.25) is 5.91 Å². The maximum Gasteiger partial charge on any atom is 0.239 e. The first-order chi connectivity index (χ1) is 11.9. The van der Waals surface area contributed by atoms with Gasteiger partial charge in [-0.1, -0.05) is 12.8 Å². The average molecular weight is 364 g/mol. The average Bonchev–Trinajstić information content (AvgIpc) is 2.60. The maximum atomic E-state index is 11.8. The summed E-state index contributed by atoms with van der Waals surface area (Å²) in [5.41, 5.74) is 10.3. The normalized spacial score (nSPS) is 29.9. The van der Waals surface area contributed by atoms with Crippen LogP contribution in [0.4, 0.5) is 11.4 Å². The van der Waals surface area contributed by atoms with Crippen molar-refractivity contribution < 1.29 is 4.79 Å². The quantitative estimate of drug-likeness (QED) is 0.632. The number of halogens is 1. The van der Waals surface area contributed by atoms with E-state index in [0.717, 1.165) is 6.54 Å². The first kappa shape index (κ1) is 18.5. The van der Waals surface area contributed by atoms with E-state index in [0.29, 0.717) is 23.3 Å². The highest BCUT2D eigenvalue weighted by molar-refractivity contribution is 6.29. The lowest BCUT2D eigenvalue weighted by atomic mass is 9.56. The molecule has 0 bridgehead atoms. The zero-order chi connectivity index (χ0) is 18.2. The number of anilines is 2. The van der Waals surface area contributed by atoms with Gasteiger partial charge in [0.25, 0.3) is 0 Å². The van der Waals surface area contributed by atoms with Gasteiger partial charge in [0.15, 0.2) is 0 Å². The molecule has 5 heteroatoms. The van der Waals surface area contributed by atoms with E-state index >= 15 is 0 Å². The van der Waals surface area contributed by atoms with E-state index in [9.17, 15) is 4.79 Å². The minimum atomic E-state index is -0.211. The van der Waals surface area contributed by atoms with Crippen LogP contribution in [0.15, 0.2) is 12.1 Å². The van der Waals surface area contributed by atoms with Gasteiger partial charge < -0.3 is 16.0 Å². The van der Waals surface area contributed by atoms with Crippen LogP contribution in [0.3, 0.4) is 0 Å². The lowest BCUT2D eigenvalue weighted by molar-refractivity contribution is -0.113. The van der Waals surface area contributed by atoms with Gasteiger partial charge in [0.05, 0.1) is 11.4 Å². The number of alkyl halides is 1. The number of likely N-dealkylation sites (tertiary alicyclic amines) is 1. The number of carbonyl (C=O) groups excluding carboxylic acids is 1. The van der Waals surface area contributed by atoms with Crippen LogP contribution < -0.4 is 11.1 Å². The third-order valence-electron chi connectivity index (χ3n) is 6.61. The molecule has 25 heavy (non-hydrogen) atoms. The Balaban J connectivity index is 2.06. The highest BCUT2D eigenvalue weighted by Crippen LogP contribution is 2.52. The third kappa shape index (κ3) is 3.26. The van der Waals surface area contributed by atoms with Crippen molar-refractivity contribution in [3.05, 3.63) is 23.3 Å². The van der Waals surface area contributed by atoms with Crippen LogP contribution in [0.2, 0.25) is 0 Å². The SMILES string of the molecule is Cc1cc(N)c(NC(=O)CCl)cc1C12CCCCC1C(C)N(C)CC2. The number of benzene rings is 1. The summed E-state index contributed by atoms with van der Waals surface area (Å²) in [5, 5.41) is 2.87. The Kier molecular flexibility index (Phi) is 5.31. The Morgan fingerprint density at radius 2 is 2.16 bits per heavy atom. The first-order valence-corrected chi connectivity index (χ1v) is 9.89. The summed E-state index contributed by atoms with van der Waals surface area (Å²) in [4.78, 5) is 14.3. The molecule has 3 rings (SSSR count). The van der Waals surface area contributed by atoms with Crippen molar-refractivity contribution in [2.75, 3.05) is 30.5 Å². The molecule has 0 spiro atoms. The summed E-state index contributed by atoms with van der Waals surface area (Å²) in [6.45, 7) is 5.64.